The molecule has 3 aromatic rings. The van der Waals surface area contributed by atoms with E-state index >= 15 is 0 Å². The first-order chi connectivity index (χ1) is 10.7. The van der Waals surface area contributed by atoms with Gasteiger partial charge in [-0.15, -0.1) is 11.3 Å². The van der Waals surface area contributed by atoms with E-state index in [0.29, 0.717) is 12.5 Å². The zero-order valence-electron chi connectivity index (χ0n) is 12.3. The molecule has 0 unspecified atom stereocenters. The maximum atomic E-state index is 11.8. The molecule has 0 bridgehead atoms. The predicted molar refractivity (Wildman–Crippen MR) is 85.1 cm³/mol. The van der Waals surface area contributed by atoms with Gasteiger partial charge in [-0.1, -0.05) is 0 Å². The summed E-state index contributed by atoms with van der Waals surface area (Å²) in [7, 11) is 0. The van der Waals surface area contributed by atoms with Gasteiger partial charge >= 0.3 is 0 Å². The molecular formula is C15H17N5OS. The Morgan fingerprint density at radius 1 is 1.36 bits per heavy atom. The van der Waals surface area contributed by atoms with Crippen LogP contribution in [0.5, 0.6) is 0 Å². The minimum absolute atomic E-state index is 0.0154. The van der Waals surface area contributed by atoms with Gasteiger partial charge in [0.05, 0.1) is 17.9 Å². The molecule has 0 amide bonds. The first-order valence-electron chi connectivity index (χ1n) is 7.35. The van der Waals surface area contributed by atoms with Crippen LogP contribution in [-0.2, 0) is 13.1 Å². The molecular weight excluding hydrogens is 298 g/mol. The highest BCUT2D eigenvalue weighted by atomic mass is 32.1. The number of aryl methyl sites for hydroxylation is 1. The summed E-state index contributed by atoms with van der Waals surface area (Å²) in [4.78, 5) is 19.8. The summed E-state index contributed by atoms with van der Waals surface area (Å²) in [6, 6.07) is 3.35. The van der Waals surface area contributed by atoms with E-state index in [2.05, 4.69) is 25.6 Å². The van der Waals surface area contributed by atoms with Crippen LogP contribution in [0.25, 0.3) is 4.96 Å². The van der Waals surface area contributed by atoms with Crippen molar-refractivity contribution in [1.29, 1.82) is 0 Å². The van der Waals surface area contributed by atoms with Crippen LogP contribution < -0.4 is 5.56 Å². The summed E-state index contributed by atoms with van der Waals surface area (Å²) >= 11 is 1.65. The van der Waals surface area contributed by atoms with E-state index in [1.54, 1.807) is 28.2 Å². The molecule has 4 heterocycles. The first-order valence-corrected chi connectivity index (χ1v) is 8.23. The van der Waals surface area contributed by atoms with Gasteiger partial charge in [0.2, 0.25) is 0 Å². The van der Waals surface area contributed by atoms with Gasteiger partial charge in [0.15, 0.2) is 4.96 Å². The number of imidazole rings is 1. The summed E-state index contributed by atoms with van der Waals surface area (Å²) in [5.41, 5.74) is 1.98. The molecule has 0 atom stereocenters. The fourth-order valence-corrected chi connectivity index (χ4v) is 3.65. The van der Waals surface area contributed by atoms with E-state index in [1.165, 1.54) is 0 Å². The van der Waals surface area contributed by atoms with Crippen molar-refractivity contribution in [1.82, 2.24) is 24.1 Å². The van der Waals surface area contributed by atoms with Crippen LogP contribution in [0.3, 0.4) is 0 Å². The maximum Gasteiger partial charge on any atom is 0.266 e. The average Bonchev–Trinajstić information content (AvgIpc) is 3.01. The number of likely N-dealkylation sites (tertiary alicyclic amines) is 1. The topological polar surface area (TPSA) is 55.4 Å². The predicted octanol–water partition coefficient (Wildman–Crippen LogP) is 1.39. The summed E-state index contributed by atoms with van der Waals surface area (Å²) in [5, 5.41) is 6.34. The molecule has 0 aliphatic carbocycles. The second-order valence-corrected chi connectivity index (χ2v) is 6.75. The fourth-order valence-electron chi connectivity index (χ4n) is 2.93. The van der Waals surface area contributed by atoms with Crippen molar-refractivity contribution in [2.24, 2.45) is 5.92 Å². The van der Waals surface area contributed by atoms with Crippen molar-refractivity contribution in [3.8, 4) is 0 Å². The molecule has 0 N–H and O–H groups in total. The normalized spacial score (nSPS) is 16.2. The van der Waals surface area contributed by atoms with Gasteiger partial charge in [-0.3, -0.25) is 14.1 Å². The molecule has 1 aliphatic rings. The summed E-state index contributed by atoms with van der Waals surface area (Å²) < 4.78 is 3.65. The quantitative estimate of drug-likeness (QED) is 0.730. The second kappa shape index (κ2) is 5.33. The van der Waals surface area contributed by atoms with Crippen LogP contribution in [0.2, 0.25) is 0 Å². The minimum atomic E-state index is -0.0154. The molecule has 1 aliphatic heterocycles. The van der Waals surface area contributed by atoms with Crippen molar-refractivity contribution < 1.29 is 0 Å². The van der Waals surface area contributed by atoms with Crippen LogP contribution >= 0.6 is 11.3 Å². The first kappa shape index (κ1) is 13.7. The number of rotatable bonds is 4. The number of thiazole rings is 1. The molecule has 22 heavy (non-hydrogen) atoms. The van der Waals surface area contributed by atoms with E-state index < -0.39 is 0 Å². The number of nitrogens with zero attached hydrogens (tertiary/aromatic N) is 5. The monoisotopic (exact) mass is 315 g/mol. The van der Waals surface area contributed by atoms with Gasteiger partial charge in [0.25, 0.3) is 5.56 Å². The highest BCUT2D eigenvalue weighted by Gasteiger charge is 2.28. The third-order valence-corrected chi connectivity index (χ3v) is 4.76. The lowest BCUT2D eigenvalue weighted by Crippen LogP contribution is -2.48. The van der Waals surface area contributed by atoms with Crippen LogP contribution in [-0.4, -0.2) is 37.2 Å². The Bertz CT molecular complexity index is 830. The largest absolute Gasteiger partial charge is 0.297 e. The molecule has 0 aromatic carbocycles. The number of fused-ring (bicyclic) bond motifs is 1. The Morgan fingerprint density at radius 3 is 3.05 bits per heavy atom. The molecule has 6 nitrogen and oxygen atoms in total. The Kier molecular flexibility index (Phi) is 3.31. The lowest BCUT2D eigenvalue weighted by Gasteiger charge is -2.38. The van der Waals surface area contributed by atoms with Crippen molar-refractivity contribution in [3.05, 3.63) is 51.6 Å². The fraction of sp³-hybridized carbons (Fsp3) is 0.400. The number of hydrogen-bond acceptors (Lipinski definition) is 5. The van der Waals surface area contributed by atoms with Crippen molar-refractivity contribution >= 4 is 16.3 Å². The summed E-state index contributed by atoms with van der Waals surface area (Å²) in [6.45, 7) is 5.48. The van der Waals surface area contributed by atoms with Crippen molar-refractivity contribution in [2.75, 3.05) is 13.1 Å². The highest BCUT2D eigenvalue weighted by Crippen LogP contribution is 2.20. The molecule has 0 saturated carbocycles. The Labute approximate surface area is 131 Å². The van der Waals surface area contributed by atoms with E-state index in [9.17, 15) is 4.79 Å². The molecule has 4 rings (SSSR count). The van der Waals surface area contributed by atoms with Gasteiger partial charge in [-0.05, 0) is 13.0 Å². The Balaban J connectivity index is 1.35. The molecule has 7 heteroatoms. The van der Waals surface area contributed by atoms with Crippen molar-refractivity contribution in [2.45, 2.75) is 20.0 Å². The summed E-state index contributed by atoms with van der Waals surface area (Å²) in [6.07, 6.45) is 4.12. The highest BCUT2D eigenvalue weighted by molar-refractivity contribution is 7.15. The van der Waals surface area contributed by atoms with Crippen LogP contribution in [0.4, 0.5) is 0 Å². The zero-order valence-corrected chi connectivity index (χ0v) is 13.2. The van der Waals surface area contributed by atoms with Gasteiger partial charge in [0.1, 0.15) is 0 Å². The SMILES string of the molecule is Cc1ccc(=O)n(CC2CN(Cc3cn4ccsc4n3)C2)n1. The van der Waals surface area contributed by atoms with Gasteiger partial charge in [-0.2, -0.15) is 5.10 Å². The standard InChI is InChI=1S/C15H17N5OS/c1-11-2-3-14(21)20(17-11)8-12-6-18(7-12)9-13-10-19-4-5-22-15(19)16-13/h2-5,10,12H,6-9H2,1H3. The third-order valence-electron chi connectivity index (χ3n) is 3.99. The van der Waals surface area contributed by atoms with Crippen LogP contribution in [0.1, 0.15) is 11.4 Å². The third kappa shape index (κ3) is 2.57. The molecule has 114 valence electrons. The van der Waals surface area contributed by atoms with Gasteiger partial charge < -0.3 is 0 Å². The molecule has 1 fully saturated rings. The van der Waals surface area contributed by atoms with Crippen LogP contribution in [0.15, 0.2) is 34.7 Å². The molecule has 3 aromatic heterocycles. The molecule has 0 spiro atoms. The smallest absolute Gasteiger partial charge is 0.266 e. The van der Waals surface area contributed by atoms with E-state index in [4.69, 9.17) is 0 Å². The average molecular weight is 315 g/mol. The van der Waals surface area contributed by atoms with E-state index in [1.807, 2.05) is 18.5 Å². The van der Waals surface area contributed by atoms with Gasteiger partial charge in [0, 0.05) is 49.4 Å². The molecule has 1 saturated heterocycles. The molecule has 0 radical (unpaired) electrons. The Morgan fingerprint density at radius 2 is 2.23 bits per heavy atom. The van der Waals surface area contributed by atoms with Crippen molar-refractivity contribution in [3.63, 3.8) is 0 Å². The van der Waals surface area contributed by atoms with E-state index in [0.717, 1.165) is 36.0 Å². The number of hydrogen-bond donors (Lipinski definition) is 0. The van der Waals surface area contributed by atoms with E-state index in [-0.39, 0.29) is 5.56 Å². The zero-order chi connectivity index (χ0) is 15.1. The Hall–Kier alpha value is -1.99. The second-order valence-electron chi connectivity index (χ2n) is 5.88. The van der Waals surface area contributed by atoms with Crippen LogP contribution in [0, 0.1) is 12.8 Å². The lowest BCUT2D eigenvalue weighted by molar-refractivity contribution is 0.0754. The number of aromatic nitrogens is 4. The van der Waals surface area contributed by atoms with Gasteiger partial charge in [-0.25, -0.2) is 9.67 Å². The summed E-state index contributed by atoms with van der Waals surface area (Å²) in [5.74, 6) is 0.496. The minimum Gasteiger partial charge on any atom is -0.297 e. The lowest BCUT2D eigenvalue weighted by atomic mass is 10.00. The maximum absolute atomic E-state index is 11.8.